The normalized spacial score (nSPS) is 11.2. The van der Waals surface area contributed by atoms with Gasteiger partial charge in [0.05, 0.1) is 16.8 Å². The van der Waals surface area contributed by atoms with Gasteiger partial charge in [0.1, 0.15) is 11.6 Å². The second-order valence-electron chi connectivity index (χ2n) is 6.02. The minimum atomic E-state index is -3.68. The fraction of sp³-hybridized carbons (Fsp3) is 0.150. The van der Waals surface area contributed by atoms with Gasteiger partial charge >= 0.3 is 0 Å². The maximum atomic E-state index is 12.9. The number of hydrogen-bond donors (Lipinski definition) is 2. The summed E-state index contributed by atoms with van der Waals surface area (Å²) in [5, 5.41) is 3.15. The third-order valence-corrected chi connectivity index (χ3v) is 5.42. The summed E-state index contributed by atoms with van der Waals surface area (Å²) in [7, 11) is -3.68. The predicted molar refractivity (Wildman–Crippen MR) is 105 cm³/mol. The lowest BCUT2D eigenvalue weighted by atomic mass is 10.2. The number of nitrogens with zero attached hydrogens (tertiary/aromatic N) is 1. The highest BCUT2D eigenvalue weighted by molar-refractivity contribution is 7.92. The first-order valence-electron chi connectivity index (χ1n) is 8.52. The Kier molecular flexibility index (Phi) is 5.71. The van der Waals surface area contributed by atoms with Crippen LogP contribution >= 0.6 is 0 Å². The number of sulfonamides is 1. The lowest BCUT2D eigenvalue weighted by Crippen LogP contribution is -2.14. The van der Waals surface area contributed by atoms with Gasteiger partial charge in [-0.1, -0.05) is 31.2 Å². The molecule has 0 aliphatic carbocycles. The van der Waals surface area contributed by atoms with Crippen LogP contribution in [0.15, 0.2) is 71.8 Å². The highest BCUT2D eigenvalue weighted by atomic mass is 32.2. The van der Waals surface area contributed by atoms with Gasteiger partial charge in [0.25, 0.3) is 10.0 Å². The molecule has 2 aromatic carbocycles. The van der Waals surface area contributed by atoms with Crippen molar-refractivity contribution in [2.75, 3.05) is 10.0 Å². The van der Waals surface area contributed by atoms with Crippen LogP contribution in [-0.2, 0) is 23.0 Å². The number of aromatic nitrogens is 1. The Balaban J connectivity index is 1.63. The van der Waals surface area contributed by atoms with E-state index in [4.69, 9.17) is 0 Å². The topological polar surface area (TPSA) is 71.1 Å². The average molecular weight is 385 g/mol. The number of rotatable bonds is 7. The van der Waals surface area contributed by atoms with Gasteiger partial charge in [-0.15, -0.1) is 0 Å². The first-order valence-corrected chi connectivity index (χ1v) is 10.0. The summed E-state index contributed by atoms with van der Waals surface area (Å²) in [4.78, 5) is 4.33. The fourth-order valence-corrected chi connectivity index (χ4v) is 3.47. The van der Waals surface area contributed by atoms with Crippen molar-refractivity contribution in [1.29, 1.82) is 0 Å². The predicted octanol–water partition coefficient (Wildman–Crippen LogP) is 4.20. The zero-order valence-corrected chi connectivity index (χ0v) is 15.6. The first-order chi connectivity index (χ1) is 13.0. The zero-order valence-electron chi connectivity index (χ0n) is 14.8. The lowest BCUT2D eigenvalue weighted by molar-refractivity contribution is 0.601. The second-order valence-corrected chi connectivity index (χ2v) is 7.70. The van der Waals surface area contributed by atoms with Gasteiger partial charge in [-0.2, -0.15) is 0 Å². The maximum absolute atomic E-state index is 12.9. The third-order valence-electron chi connectivity index (χ3n) is 4.05. The average Bonchev–Trinajstić information content (AvgIpc) is 2.68. The van der Waals surface area contributed by atoms with Crippen LogP contribution in [0.4, 0.5) is 15.9 Å². The number of nitrogens with one attached hydrogen (secondary N) is 2. The number of benzene rings is 2. The zero-order chi connectivity index (χ0) is 19.3. The molecule has 1 heterocycles. The molecule has 0 spiro atoms. The van der Waals surface area contributed by atoms with Crippen LogP contribution in [0.5, 0.6) is 0 Å². The summed E-state index contributed by atoms with van der Waals surface area (Å²) >= 11 is 0. The Morgan fingerprint density at radius 2 is 1.59 bits per heavy atom. The minimum absolute atomic E-state index is 0.194. The Labute approximate surface area is 158 Å². The summed E-state index contributed by atoms with van der Waals surface area (Å²) in [6.45, 7) is 2.52. The van der Waals surface area contributed by atoms with Crippen molar-refractivity contribution in [1.82, 2.24) is 4.98 Å². The van der Waals surface area contributed by atoms with E-state index >= 15 is 0 Å². The number of hydrogen-bond acceptors (Lipinski definition) is 4. The van der Waals surface area contributed by atoms with Gasteiger partial charge in [0, 0.05) is 6.54 Å². The molecule has 0 aliphatic rings. The molecule has 1 aromatic heterocycles. The van der Waals surface area contributed by atoms with E-state index in [0.717, 1.165) is 23.2 Å². The summed E-state index contributed by atoms with van der Waals surface area (Å²) < 4.78 is 40.2. The molecular formula is C20H20FN3O2S. The molecule has 7 heteroatoms. The van der Waals surface area contributed by atoms with Gasteiger partial charge in [-0.25, -0.2) is 17.8 Å². The van der Waals surface area contributed by atoms with Crippen LogP contribution in [0.25, 0.3) is 0 Å². The first kappa shape index (κ1) is 18.8. The summed E-state index contributed by atoms with van der Waals surface area (Å²) in [5.41, 5.74) is 2.73. The molecule has 2 N–H and O–H groups in total. The molecule has 140 valence electrons. The minimum Gasteiger partial charge on any atom is -0.380 e. The van der Waals surface area contributed by atoms with Gasteiger partial charge in [0.15, 0.2) is 0 Å². The monoisotopic (exact) mass is 385 g/mol. The van der Waals surface area contributed by atoms with Crippen molar-refractivity contribution >= 4 is 21.5 Å². The molecule has 0 saturated carbocycles. The van der Waals surface area contributed by atoms with Gasteiger partial charge in [-0.3, -0.25) is 4.72 Å². The Bertz CT molecular complexity index is 987. The standard InChI is InChI=1S/C20H20FN3O2S/c1-2-15-5-10-19(11-6-15)27(25,26)24-20-12-9-18(14-23-20)22-13-16-3-7-17(21)8-4-16/h3-12,14,22H,2,13H2,1H3,(H,23,24). The molecule has 27 heavy (non-hydrogen) atoms. The largest absolute Gasteiger partial charge is 0.380 e. The highest BCUT2D eigenvalue weighted by Gasteiger charge is 2.14. The van der Waals surface area contributed by atoms with Gasteiger partial charge < -0.3 is 5.32 Å². The Morgan fingerprint density at radius 3 is 2.19 bits per heavy atom. The highest BCUT2D eigenvalue weighted by Crippen LogP contribution is 2.17. The molecule has 0 bridgehead atoms. The SMILES string of the molecule is CCc1ccc(S(=O)(=O)Nc2ccc(NCc3ccc(F)cc3)cn2)cc1. The molecule has 3 rings (SSSR count). The van der Waals surface area contributed by atoms with Crippen LogP contribution in [0, 0.1) is 5.82 Å². The smallest absolute Gasteiger partial charge is 0.263 e. The van der Waals surface area contributed by atoms with Crippen molar-refractivity contribution < 1.29 is 12.8 Å². The van der Waals surface area contributed by atoms with E-state index in [1.165, 1.54) is 12.1 Å². The molecule has 0 aliphatic heterocycles. The molecule has 0 radical (unpaired) electrons. The van der Waals surface area contributed by atoms with E-state index in [1.807, 2.05) is 6.92 Å². The summed E-state index contributed by atoms with van der Waals surface area (Å²) in [6, 6.07) is 16.3. The molecule has 0 saturated heterocycles. The van der Waals surface area contributed by atoms with Crippen molar-refractivity contribution in [3.05, 3.63) is 83.8 Å². The van der Waals surface area contributed by atoms with Crippen LogP contribution in [0.3, 0.4) is 0 Å². The van der Waals surface area contributed by atoms with E-state index in [-0.39, 0.29) is 16.5 Å². The maximum Gasteiger partial charge on any atom is 0.263 e. The molecular weight excluding hydrogens is 365 g/mol. The van der Waals surface area contributed by atoms with Crippen molar-refractivity contribution in [3.8, 4) is 0 Å². The number of halogens is 1. The molecule has 0 atom stereocenters. The van der Waals surface area contributed by atoms with E-state index in [9.17, 15) is 12.8 Å². The molecule has 5 nitrogen and oxygen atoms in total. The van der Waals surface area contributed by atoms with E-state index < -0.39 is 10.0 Å². The third kappa shape index (κ3) is 5.04. The molecule has 0 unspecified atom stereocenters. The lowest BCUT2D eigenvalue weighted by Gasteiger charge is -2.10. The van der Waals surface area contributed by atoms with Gasteiger partial charge in [0.2, 0.25) is 0 Å². The molecule has 0 amide bonds. The summed E-state index contributed by atoms with van der Waals surface area (Å²) in [5.74, 6) is -0.0386. The van der Waals surface area contributed by atoms with E-state index in [1.54, 1.807) is 54.7 Å². The van der Waals surface area contributed by atoms with Crippen molar-refractivity contribution in [2.24, 2.45) is 0 Å². The number of pyridine rings is 1. The van der Waals surface area contributed by atoms with E-state index in [0.29, 0.717) is 6.54 Å². The van der Waals surface area contributed by atoms with Crippen molar-refractivity contribution in [3.63, 3.8) is 0 Å². The second kappa shape index (κ2) is 8.18. The Morgan fingerprint density at radius 1 is 0.926 bits per heavy atom. The molecule has 3 aromatic rings. The Hall–Kier alpha value is -2.93. The van der Waals surface area contributed by atoms with Crippen LogP contribution in [0.2, 0.25) is 0 Å². The van der Waals surface area contributed by atoms with E-state index in [2.05, 4.69) is 15.0 Å². The quantitative estimate of drug-likeness (QED) is 0.640. The fourth-order valence-electron chi connectivity index (χ4n) is 2.47. The molecule has 0 fully saturated rings. The van der Waals surface area contributed by atoms with Crippen LogP contribution in [-0.4, -0.2) is 13.4 Å². The number of anilines is 2. The van der Waals surface area contributed by atoms with Crippen LogP contribution < -0.4 is 10.0 Å². The van der Waals surface area contributed by atoms with Gasteiger partial charge in [-0.05, 0) is 53.9 Å². The number of aryl methyl sites for hydroxylation is 1. The van der Waals surface area contributed by atoms with Crippen molar-refractivity contribution in [2.45, 2.75) is 24.8 Å². The summed E-state index contributed by atoms with van der Waals surface area (Å²) in [6.07, 6.45) is 2.39. The van der Waals surface area contributed by atoms with Crippen LogP contribution in [0.1, 0.15) is 18.1 Å².